The molecular weight excluding hydrogens is 279 g/mol. The second-order valence-corrected chi connectivity index (χ2v) is 4.42. The second kappa shape index (κ2) is 6.89. The minimum absolute atomic E-state index is 0.0205. The van der Waals surface area contributed by atoms with E-state index >= 15 is 0 Å². The first-order valence-corrected chi connectivity index (χ1v) is 6.59. The maximum Gasteiger partial charge on any atom is 0.285 e. The van der Waals surface area contributed by atoms with E-state index in [0.717, 1.165) is 25.1 Å². The molecule has 1 aromatic carbocycles. The average molecular weight is 294 g/mol. The van der Waals surface area contributed by atoms with Gasteiger partial charge in [-0.15, -0.1) is 10.2 Å². The lowest BCUT2D eigenvalue weighted by atomic mass is 10.2. The van der Waals surface area contributed by atoms with E-state index in [4.69, 9.17) is 4.42 Å². The van der Waals surface area contributed by atoms with Gasteiger partial charge >= 0.3 is 0 Å². The number of nitro benzene ring substituents is 1. The summed E-state index contributed by atoms with van der Waals surface area (Å²) in [5, 5.41) is 21.7. The van der Waals surface area contributed by atoms with E-state index in [1.54, 1.807) is 0 Å². The fourth-order valence-electron chi connectivity index (χ4n) is 1.80. The highest BCUT2D eigenvalue weighted by atomic mass is 19.1. The maximum atomic E-state index is 13.1. The van der Waals surface area contributed by atoms with Crippen LogP contribution >= 0.6 is 0 Å². The van der Waals surface area contributed by atoms with E-state index in [1.807, 2.05) is 0 Å². The summed E-state index contributed by atoms with van der Waals surface area (Å²) in [6.45, 7) is 3.64. The Morgan fingerprint density at radius 1 is 1.38 bits per heavy atom. The van der Waals surface area contributed by atoms with Crippen molar-refractivity contribution in [2.24, 2.45) is 0 Å². The average Bonchev–Trinajstić information content (AvgIpc) is 2.92. The van der Waals surface area contributed by atoms with Crippen LogP contribution in [0.3, 0.4) is 0 Å². The molecule has 112 valence electrons. The number of aromatic nitrogens is 2. The summed E-state index contributed by atoms with van der Waals surface area (Å²) in [5.41, 5.74) is -0.282. The minimum Gasteiger partial charge on any atom is -0.420 e. The zero-order valence-corrected chi connectivity index (χ0v) is 11.5. The first-order valence-electron chi connectivity index (χ1n) is 6.59. The summed E-state index contributed by atoms with van der Waals surface area (Å²) < 4.78 is 18.5. The highest BCUT2D eigenvalue weighted by Gasteiger charge is 2.21. The normalized spacial score (nSPS) is 10.8. The van der Waals surface area contributed by atoms with Crippen molar-refractivity contribution in [1.82, 2.24) is 15.5 Å². The Morgan fingerprint density at radius 3 is 2.90 bits per heavy atom. The second-order valence-electron chi connectivity index (χ2n) is 4.42. The van der Waals surface area contributed by atoms with Crippen LogP contribution in [0.15, 0.2) is 22.6 Å². The molecule has 0 amide bonds. The van der Waals surface area contributed by atoms with Gasteiger partial charge in [0.2, 0.25) is 5.89 Å². The Balaban J connectivity index is 2.16. The molecule has 0 bridgehead atoms. The monoisotopic (exact) mass is 294 g/mol. The fourth-order valence-corrected chi connectivity index (χ4v) is 1.80. The van der Waals surface area contributed by atoms with Crippen molar-refractivity contribution in [2.45, 2.75) is 19.8 Å². The molecule has 2 rings (SSSR count). The number of nitro groups is 1. The Hall–Kier alpha value is -2.35. The third-order valence-electron chi connectivity index (χ3n) is 2.80. The maximum absolute atomic E-state index is 13.1. The first kappa shape index (κ1) is 15.0. The Bertz CT molecular complexity index is 630. The standard InChI is InChI=1S/C13H15FN4O3/c1-2-6-15-7-5-12-16-17-13(21-12)10-4-3-9(14)8-11(10)18(19)20/h3-4,8,15H,2,5-7H2,1H3. The zero-order chi connectivity index (χ0) is 15.2. The van der Waals surface area contributed by atoms with Crippen molar-refractivity contribution < 1.29 is 13.7 Å². The van der Waals surface area contributed by atoms with E-state index in [9.17, 15) is 14.5 Å². The molecule has 1 heterocycles. The van der Waals surface area contributed by atoms with E-state index in [-0.39, 0.29) is 11.5 Å². The smallest absolute Gasteiger partial charge is 0.285 e. The van der Waals surface area contributed by atoms with E-state index in [2.05, 4.69) is 22.4 Å². The number of hydrogen-bond acceptors (Lipinski definition) is 6. The number of nitrogens with zero attached hydrogens (tertiary/aromatic N) is 3. The Labute approximate surface area is 120 Å². The molecule has 8 heteroatoms. The molecule has 7 nitrogen and oxygen atoms in total. The predicted molar refractivity (Wildman–Crippen MR) is 73.2 cm³/mol. The summed E-state index contributed by atoms with van der Waals surface area (Å²) >= 11 is 0. The lowest BCUT2D eigenvalue weighted by Crippen LogP contribution is -2.17. The number of nitrogens with one attached hydrogen (secondary N) is 1. The van der Waals surface area contributed by atoms with Gasteiger partial charge in [-0.05, 0) is 25.1 Å². The number of halogens is 1. The lowest BCUT2D eigenvalue weighted by molar-refractivity contribution is -0.384. The molecule has 2 aromatic rings. The quantitative estimate of drug-likeness (QED) is 0.478. The summed E-state index contributed by atoms with van der Waals surface area (Å²) in [6, 6.07) is 3.22. The lowest BCUT2D eigenvalue weighted by Gasteiger charge is -1.99. The highest BCUT2D eigenvalue weighted by Crippen LogP contribution is 2.29. The molecule has 0 aliphatic rings. The number of hydrogen-bond donors (Lipinski definition) is 1. The number of benzene rings is 1. The predicted octanol–water partition coefficient (Wildman–Crippen LogP) is 2.33. The van der Waals surface area contributed by atoms with Gasteiger partial charge in [0, 0.05) is 13.0 Å². The molecule has 0 aliphatic carbocycles. The summed E-state index contributed by atoms with van der Waals surface area (Å²) in [7, 11) is 0. The summed E-state index contributed by atoms with van der Waals surface area (Å²) in [4.78, 5) is 10.3. The van der Waals surface area contributed by atoms with Crippen molar-refractivity contribution in [3.8, 4) is 11.5 Å². The van der Waals surface area contributed by atoms with Gasteiger partial charge in [-0.1, -0.05) is 6.92 Å². The van der Waals surface area contributed by atoms with Gasteiger partial charge in [-0.3, -0.25) is 10.1 Å². The van der Waals surface area contributed by atoms with Crippen LogP contribution in [-0.2, 0) is 6.42 Å². The van der Waals surface area contributed by atoms with Crippen molar-refractivity contribution in [1.29, 1.82) is 0 Å². The van der Waals surface area contributed by atoms with Crippen LogP contribution < -0.4 is 5.32 Å². The molecule has 0 unspecified atom stereocenters. The van der Waals surface area contributed by atoms with Gasteiger partial charge in [-0.2, -0.15) is 0 Å². The number of rotatable bonds is 7. The Kier molecular flexibility index (Phi) is 4.94. The van der Waals surface area contributed by atoms with E-state index in [0.29, 0.717) is 18.9 Å². The van der Waals surface area contributed by atoms with Crippen molar-refractivity contribution in [2.75, 3.05) is 13.1 Å². The summed E-state index contributed by atoms with van der Waals surface area (Å²) in [5.74, 6) is -0.284. The van der Waals surface area contributed by atoms with Gasteiger partial charge in [0.15, 0.2) is 0 Å². The topological polar surface area (TPSA) is 94.1 Å². The summed E-state index contributed by atoms with van der Waals surface area (Å²) in [6.07, 6.45) is 1.55. The van der Waals surface area contributed by atoms with Gasteiger partial charge in [0.25, 0.3) is 11.6 Å². The largest absolute Gasteiger partial charge is 0.420 e. The molecule has 0 fully saturated rings. The van der Waals surface area contributed by atoms with Crippen LogP contribution in [0.1, 0.15) is 19.2 Å². The van der Waals surface area contributed by atoms with Crippen molar-refractivity contribution in [3.05, 3.63) is 40.0 Å². The SMILES string of the molecule is CCCNCCc1nnc(-c2ccc(F)cc2[N+](=O)[O-])o1. The minimum atomic E-state index is -0.686. The Morgan fingerprint density at radius 2 is 2.19 bits per heavy atom. The van der Waals surface area contributed by atoms with Crippen molar-refractivity contribution >= 4 is 5.69 Å². The fraction of sp³-hybridized carbons (Fsp3) is 0.385. The van der Waals surface area contributed by atoms with Crippen LogP contribution in [0.5, 0.6) is 0 Å². The van der Waals surface area contributed by atoms with Gasteiger partial charge in [0.1, 0.15) is 11.4 Å². The first-order chi connectivity index (χ1) is 10.1. The highest BCUT2D eigenvalue weighted by molar-refractivity contribution is 5.66. The molecule has 0 radical (unpaired) electrons. The van der Waals surface area contributed by atoms with Crippen LogP contribution in [0.25, 0.3) is 11.5 Å². The van der Waals surface area contributed by atoms with E-state index < -0.39 is 16.4 Å². The van der Waals surface area contributed by atoms with Crippen LogP contribution in [-0.4, -0.2) is 28.2 Å². The van der Waals surface area contributed by atoms with Crippen LogP contribution in [0.2, 0.25) is 0 Å². The molecule has 21 heavy (non-hydrogen) atoms. The molecule has 0 saturated heterocycles. The molecule has 0 aliphatic heterocycles. The molecule has 1 N–H and O–H groups in total. The molecular formula is C13H15FN4O3. The molecule has 0 spiro atoms. The van der Waals surface area contributed by atoms with Gasteiger partial charge < -0.3 is 9.73 Å². The van der Waals surface area contributed by atoms with Crippen LogP contribution in [0, 0.1) is 15.9 Å². The van der Waals surface area contributed by atoms with Crippen LogP contribution in [0.4, 0.5) is 10.1 Å². The van der Waals surface area contributed by atoms with Gasteiger partial charge in [-0.25, -0.2) is 4.39 Å². The third-order valence-corrected chi connectivity index (χ3v) is 2.80. The third kappa shape index (κ3) is 3.82. The van der Waals surface area contributed by atoms with Gasteiger partial charge in [0.05, 0.1) is 11.0 Å². The van der Waals surface area contributed by atoms with E-state index in [1.165, 1.54) is 6.07 Å². The molecule has 1 aromatic heterocycles. The zero-order valence-electron chi connectivity index (χ0n) is 11.5. The van der Waals surface area contributed by atoms with Crippen molar-refractivity contribution in [3.63, 3.8) is 0 Å². The molecule has 0 atom stereocenters. The molecule has 0 saturated carbocycles.